The lowest BCUT2D eigenvalue weighted by atomic mass is 9.79. The molecule has 1 aromatic carbocycles. The summed E-state index contributed by atoms with van der Waals surface area (Å²) in [5.41, 5.74) is 1.31. The van der Waals surface area contributed by atoms with E-state index in [0.717, 1.165) is 38.2 Å². The summed E-state index contributed by atoms with van der Waals surface area (Å²) in [6.45, 7) is 0.833. The number of halogens is 2. The first-order chi connectivity index (χ1) is 12.2. The van der Waals surface area contributed by atoms with Crippen LogP contribution in [0.2, 0.25) is 0 Å². The van der Waals surface area contributed by atoms with E-state index >= 15 is 0 Å². The average Bonchev–Trinajstić information content (AvgIpc) is 3.36. The van der Waals surface area contributed by atoms with Gasteiger partial charge in [-0.15, -0.1) is 24.0 Å². The summed E-state index contributed by atoms with van der Waals surface area (Å²) in [5.74, 6) is 0.688. The van der Waals surface area contributed by atoms with E-state index in [4.69, 9.17) is 4.74 Å². The minimum absolute atomic E-state index is 0. The summed E-state index contributed by atoms with van der Waals surface area (Å²) in [5, 5.41) is 7.09. The minimum atomic E-state index is -0.168. The Morgan fingerprint density at radius 2 is 1.96 bits per heavy atom. The second-order valence-corrected chi connectivity index (χ2v) is 7.78. The molecule has 0 aromatic heterocycles. The van der Waals surface area contributed by atoms with Gasteiger partial charge in [-0.25, -0.2) is 4.39 Å². The van der Waals surface area contributed by atoms with Crippen LogP contribution in [0.4, 0.5) is 4.39 Å². The van der Waals surface area contributed by atoms with E-state index in [-0.39, 0.29) is 35.2 Å². The van der Waals surface area contributed by atoms with E-state index in [1.54, 1.807) is 12.1 Å². The van der Waals surface area contributed by atoms with Crippen LogP contribution in [-0.2, 0) is 10.2 Å². The smallest absolute Gasteiger partial charge is 0.191 e. The molecule has 1 aromatic rings. The standard InChI is InChI=1S/C20H28FN3O.HI/c1-22-19(24-17-12-16-8-9-18(17)25-16)23-13-20(10-2-3-11-20)14-4-6-15(21)7-5-14;/h4-7,16-18H,2-3,8-13H2,1H3,(H2,22,23,24);1H. The Hall–Kier alpha value is -0.890. The Labute approximate surface area is 172 Å². The maximum absolute atomic E-state index is 13.3. The van der Waals surface area contributed by atoms with Crippen LogP contribution in [0, 0.1) is 5.82 Å². The molecule has 3 fully saturated rings. The van der Waals surface area contributed by atoms with E-state index in [1.807, 2.05) is 19.2 Å². The van der Waals surface area contributed by atoms with Crippen molar-refractivity contribution < 1.29 is 9.13 Å². The van der Waals surface area contributed by atoms with Gasteiger partial charge < -0.3 is 15.4 Å². The summed E-state index contributed by atoms with van der Waals surface area (Å²) in [6.07, 6.45) is 8.92. The lowest BCUT2D eigenvalue weighted by Gasteiger charge is -2.31. The van der Waals surface area contributed by atoms with Crippen LogP contribution in [0.1, 0.15) is 50.5 Å². The summed E-state index contributed by atoms with van der Waals surface area (Å²) in [7, 11) is 1.82. The summed E-state index contributed by atoms with van der Waals surface area (Å²) in [4.78, 5) is 4.41. The lowest BCUT2D eigenvalue weighted by Crippen LogP contribution is -2.50. The third-order valence-electron chi connectivity index (χ3n) is 6.26. The highest BCUT2D eigenvalue weighted by Gasteiger charge is 2.41. The van der Waals surface area contributed by atoms with Crippen LogP contribution in [0.15, 0.2) is 29.3 Å². The van der Waals surface area contributed by atoms with Crippen molar-refractivity contribution in [1.82, 2.24) is 10.6 Å². The molecule has 1 saturated carbocycles. The Morgan fingerprint density at radius 3 is 2.54 bits per heavy atom. The first-order valence-electron chi connectivity index (χ1n) is 9.57. The number of aliphatic imine (C=N–C) groups is 1. The van der Waals surface area contributed by atoms with Gasteiger partial charge in [0.1, 0.15) is 5.82 Å². The fourth-order valence-corrected chi connectivity index (χ4v) is 4.84. The second-order valence-electron chi connectivity index (χ2n) is 7.78. The van der Waals surface area contributed by atoms with Gasteiger partial charge in [0.2, 0.25) is 0 Å². The fourth-order valence-electron chi connectivity index (χ4n) is 4.84. The van der Waals surface area contributed by atoms with Crippen molar-refractivity contribution in [3.8, 4) is 0 Å². The van der Waals surface area contributed by atoms with Crippen LogP contribution in [0.5, 0.6) is 0 Å². The predicted octanol–water partition coefficient (Wildman–Crippen LogP) is 3.74. The van der Waals surface area contributed by atoms with Gasteiger partial charge in [-0.3, -0.25) is 4.99 Å². The van der Waals surface area contributed by atoms with Gasteiger partial charge in [-0.05, 0) is 49.8 Å². The van der Waals surface area contributed by atoms with Gasteiger partial charge in [0, 0.05) is 19.0 Å². The molecular formula is C20H29FIN3O. The molecule has 2 heterocycles. The zero-order chi connectivity index (χ0) is 17.3. The Morgan fingerprint density at radius 1 is 1.23 bits per heavy atom. The van der Waals surface area contributed by atoms with E-state index in [1.165, 1.54) is 24.8 Å². The summed E-state index contributed by atoms with van der Waals surface area (Å²) < 4.78 is 19.2. The highest BCUT2D eigenvalue weighted by atomic mass is 127. The van der Waals surface area contributed by atoms with Gasteiger partial charge in [0.05, 0.1) is 18.2 Å². The SMILES string of the molecule is CN=C(NCC1(c2ccc(F)cc2)CCCC1)NC1CC2CCC1O2.I. The maximum atomic E-state index is 13.3. The molecular weight excluding hydrogens is 444 g/mol. The molecule has 0 radical (unpaired) electrons. The van der Waals surface area contributed by atoms with Crippen LogP contribution in [0.3, 0.4) is 0 Å². The highest BCUT2D eigenvalue weighted by molar-refractivity contribution is 14.0. The third-order valence-corrected chi connectivity index (χ3v) is 6.26. The highest BCUT2D eigenvalue weighted by Crippen LogP contribution is 2.40. The monoisotopic (exact) mass is 473 g/mol. The molecule has 3 aliphatic rings. The molecule has 4 nitrogen and oxygen atoms in total. The first kappa shape index (κ1) is 19.9. The van der Waals surface area contributed by atoms with E-state index in [9.17, 15) is 4.39 Å². The van der Waals surface area contributed by atoms with E-state index in [0.29, 0.717) is 18.2 Å². The molecule has 26 heavy (non-hydrogen) atoms. The van der Waals surface area contributed by atoms with E-state index < -0.39 is 0 Å². The number of hydrogen-bond donors (Lipinski definition) is 2. The van der Waals surface area contributed by atoms with Gasteiger partial charge in [-0.1, -0.05) is 25.0 Å². The van der Waals surface area contributed by atoms with Crippen molar-refractivity contribution in [1.29, 1.82) is 0 Å². The number of nitrogens with one attached hydrogen (secondary N) is 2. The quantitative estimate of drug-likeness (QED) is 0.398. The molecule has 1 aliphatic carbocycles. The molecule has 0 amide bonds. The van der Waals surface area contributed by atoms with Crippen molar-refractivity contribution in [3.05, 3.63) is 35.6 Å². The average molecular weight is 473 g/mol. The van der Waals surface area contributed by atoms with Gasteiger partial charge in [0.15, 0.2) is 5.96 Å². The fraction of sp³-hybridized carbons (Fsp3) is 0.650. The molecule has 2 aliphatic heterocycles. The van der Waals surface area contributed by atoms with Crippen molar-refractivity contribution in [2.45, 2.75) is 68.6 Å². The van der Waals surface area contributed by atoms with Crippen LogP contribution < -0.4 is 10.6 Å². The van der Waals surface area contributed by atoms with E-state index in [2.05, 4.69) is 15.6 Å². The number of nitrogens with zero attached hydrogens (tertiary/aromatic N) is 1. The molecule has 2 N–H and O–H groups in total. The van der Waals surface area contributed by atoms with Crippen LogP contribution >= 0.6 is 24.0 Å². The molecule has 6 heteroatoms. The van der Waals surface area contributed by atoms with Crippen molar-refractivity contribution >= 4 is 29.9 Å². The van der Waals surface area contributed by atoms with Gasteiger partial charge >= 0.3 is 0 Å². The first-order valence-corrected chi connectivity index (χ1v) is 9.57. The molecule has 4 rings (SSSR count). The number of benzene rings is 1. The minimum Gasteiger partial charge on any atom is -0.373 e. The van der Waals surface area contributed by atoms with Crippen molar-refractivity contribution in [3.63, 3.8) is 0 Å². The number of hydrogen-bond acceptors (Lipinski definition) is 2. The molecule has 2 saturated heterocycles. The van der Waals surface area contributed by atoms with Crippen LogP contribution in [-0.4, -0.2) is 37.8 Å². The Kier molecular flexibility index (Phi) is 6.43. The Balaban J connectivity index is 0.00000196. The third kappa shape index (κ3) is 4.01. The molecule has 2 bridgehead atoms. The number of ether oxygens (including phenoxy) is 1. The summed E-state index contributed by atoms with van der Waals surface area (Å²) in [6, 6.07) is 7.42. The molecule has 3 atom stereocenters. The Bertz CT molecular complexity index is 630. The number of guanidine groups is 1. The predicted molar refractivity (Wildman–Crippen MR) is 113 cm³/mol. The van der Waals surface area contributed by atoms with Gasteiger partial charge in [-0.2, -0.15) is 0 Å². The van der Waals surface area contributed by atoms with Crippen molar-refractivity contribution in [2.24, 2.45) is 4.99 Å². The van der Waals surface area contributed by atoms with Crippen molar-refractivity contribution in [2.75, 3.05) is 13.6 Å². The topological polar surface area (TPSA) is 45.7 Å². The normalized spacial score (nSPS) is 29.5. The zero-order valence-electron chi connectivity index (χ0n) is 15.3. The summed E-state index contributed by atoms with van der Waals surface area (Å²) >= 11 is 0. The largest absolute Gasteiger partial charge is 0.373 e. The lowest BCUT2D eigenvalue weighted by molar-refractivity contribution is 0.0992. The van der Waals surface area contributed by atoms with Crippen LogP contribution in [0.25, 0.3) is 0 Å². The molecule has 0 spiro atoms. The number of rotatable bonds is 4. The zero-order valence-corrected chi connectivity index (χ0v) is 17.7. The second kappa shape index (κ2) is 8.42. The van der Waals surface area contributed by atoms with Gasteiger partial charge in [0.25, 0.3) is 0 Å². The maximum Gasteiger partial charge on any atom is 0.191 e. The molecule has 3 unspecified atom stereocenters. The number of fused-ring (bicyclic) bond motifs is 2. The molecule has 144 valence electrons.